The molecule has 1 aromatic carbocycles. The summed E-state index contributed by atoms with van der Waals surface area (Å²) in [5.41, 5.74) is 0.0520. The number of benzene rings is 1. The van der Waals surface area contributed by atoms with Gasteiger partial charge in [-0.3, -0.25) is 0 Å². The van der Waals surface area contributed by atoms with Crippen molar-refractivity contribution in [2.45, 2.75) is 128 Å². The highest BCUT2D eigenvalue weighted by atomic mass is 28.4. The molecule has 0 unspecified atom stereocenters. The van der Waals surface area contributed by atoms with Gasteiger partial charge < -0.3 is 14.3 Å². The maximum atomic E-state index is 12.8. The van der Waals surface area contributed by atoms with Crippen molar-refractivity contribution in [3.05, 3.63) is 48.6 Å². The monoisotopic (exact) mass is 538 g/mol. The molecule has 0 aliphatic heterocycles. The molecule has 5 rings (SSSR count). The first-order valence-corrected chi connectivity index (χ1v) is 18.4. The van der Waals surface area contributed by atoms with E-state index in [0.717, 1.165) is 25.7 Å². The lowest BCUT2D eigenvalue weighted by Crippen LogP contribution is -2.65. The Hall–Kier alpha value is -0.943. The highest BCUT2D eigenvalue weighted by Gasteiger charge is 2.72. The summed E-state index contributed by atoms with van der Waals surface area (Å²) in [5.74, 6) is 1.63. The summed E-state index contributed by atoms with van der Waals surface area (Å²) in [6.45, 7) is 21.3. The minimum atomic E-state index is -1.77. The van der Waals surface area contributed by atoms with Gasteiger partial charge in [-0.1, -0.05) is 71.0 Å². The molecule has 1 N–H and O–H groups in total. The van der Waals surface area contributed by atoms with Gasteiger partial charge >= 0.3 is 0 Å². The lowest BCUT2D eigenvalue weighted by atomic mass is 9.42. The lowest BCUT2D eigenvalue weighted by Gasteiger charge is -2.65. The van der Waals surface area contributed by atoms with Crippen LogP contribution in [0.3, 0.4) is 0 Å². The third kappa shape index (κ3) is 4.06. The zero-order valence-electron chi connectivity index (χ0n) is 25.3. The smallest absolute Gasteiger partial charge is 0.192 e. The second kappa shape index (κ2) is 9.57. The molecule has 0 saturated heterocycles. The van der Waals surface area contributed by atoms with E-state index in [1.54, 1.807) is 0 Å². The Morgan fingerprint density at radius 1 is 0.974 bits per heavy atom. The van der Waals surface area contributed by atoms with Gasteiger partial charge in [-0.05, 0) is 105 Å². The van der Waals surface area contributed by atoms with Gasteiger partial charge in [0, 0.05) is 11.5 Å². The van der Waals surface area contributed by atoms with Gasteiger partial charge in [0.2, 0.25) is 0 Å². The first kappa shape index (κ1) is 28.6. The van der Waals surface area contributed by atoms with Crippen LogP contribution < -0.4 is 0 Å². The van der Waals surface area contributed by atoms with E-state index >= 15 is 0 Å². The van der Waals surface area contributed by atoms with Crippen molar-refractivity contribution < 1.29 is 14.3 Å². The van der Waals surface area contributed by atoms with Crippen LogP contribution in [-0.4, -0.2) is 31.7 Å². The van der Waals surface area contributed by atoms with Crippen molar-refractivity contribution in [3.63, 3.8) is 0 Å². The first-order valence-electron chi connectivity index (χ1n) is 15.4. The van der Waals surface area contributed by atoms with Gasteiger partial charge in [-0.25, -0.2) is 0 Å². The van der Waals surface area contributed by atoms with Crippen LogP contribution in [-0.2, 0) is 14.8 Å². The van der Waals surface area contributed by atoms with E-state index in [-0.39, 0.29) is 10.5 Å². The van der Waals surface area contributed by atoms with Crippen LogP contribution in [0.2, 0.25) is 18.1 Å². The third-order valence-electron chi connectivity index (χ3n) is 12.9. The maximum Gasteiger partial charge on any atom is 0.192 e. The van der Waals surface area contributed by atoms with Crippen molar-refractivity contribution in [2.75, 3.05) is 6.61 Å². The summed E-state index contributed by atoms with van der Waals surface area (Å²) in [6, 6.07) is 10.8. The van der Waals surface area contributed by atoms with Gasteiger partial charge in [0.25, 0.3) is 0 Å². The summed E-state index contributed by atoms with van der Waals surface area (Å²) in [6.07, 6.45) is 12.2. The minimum Gasteiger partial charge on any atom is -0.414 e. The fourth-order valence-corrected chi connectivity index (χ4v) is 11.0. The van der Waals surface area contributed by atoms with Crippen LogP contribution in [0, 0.1) is 28.6 Å². The molecule has 0 radical (unpaired) electrons. The Labute approximate surface area is 233 Å². The number of hydrogen-bond acceptors (Lipinski definition) is 3. The molecule has 8 atom stereocenters. The van der Waals surface area contributed by atoms with Gasteiger partial charge in [-0.15, -0.1) is 6.58 Å². The molecule has 4 aliphatic carbocycles. The molecule has 0 spiro atoms. The molecule has 4 heteroatoms. The number of rotatable bonds is 6. The second-order valence-electron chi connectivity index (χ2n) is 15.4. The van der Waals surface area contributed by atoms with Crippen molar-refractivity contribution >= 4 is 8.32 Å². The summed E-state index contributed by atoms with van der Waals surface area (Å²) in [7, 11) is -1.77. The third-order valence-corrected chi connectivity index (χ3v) is 17.4. The van der Waals surface area contributed by atoms with Gasteiger partial charge in [0.05, 0.1) is 12.2 Å². The molecule has 4 aliphatic rings. The van der Waals surface area contributed by atoms with E-state index in [0.29, 0.717) is 35.9 Å². The van der Waals surface area contributed by atoms with Crippen LogP contribution in [0.4, 0.5) is 0 Å². The van der Waals surface area contributed by atoms with Gasteiger partial charge in [0.15, 0.2) is 8.32 Å². The summed E-state index contributed by atoms with van der Waals surface area (Å²) in [4.78, 5) is 0. The van der Waals surface area contributed by atoms with Crippen molar-refractivity contribution in [1.82, 2.24) is 0 Å². The van der Waals surface area contributed by atoms with E-state index < -0.39 is 19.5 Å². The largest absolute Gasteiger partial charge is 0.414 e. The Morgan fingerprint density at radius 3 is 2.34 bits per heavy atom. The molecule has 1 aromatic rings. The SMILES string of the molecule is C=CCO[C@]1(c2ccccc2)CC[C@]2(O)[C@@H]3CC[C@H]4C[C@@H](O[Si](C)(C)C(C)(C)C)CC[C@]4(C)[C@H]3CC[C@]12C. The number of hydrogen-bond donors (Lipinski definition) is 1. The average molecular weight is 539 g/mol. The molecule has 38 heavy (non-hydrogen) atoms. The summed E-state index contributed by atoms with van der Waals surface area (Å²) >= 11 is 0. The average Bonchev–Trinajstić information content (AvgIpc) is 3.10. The van der Waals surface area contributed by atoms with Crippen molar-refractivity contribution in [1.29, 1.82) is 0 Å². The summed E-state index contributed by atoms with van der Waals surface area (Å²) < 4.78 is 13.7. The second-order valence-corrected chi connectivity index (χ2v) is 20.1. The van der Waals surface area contributed by atoms with E-state index in [4.69, 9.17) is 9.16 Å². The molecule has 3 nitrogen and oxygen atoms in total. The van der Waals surface area contributed by atoms with E-state index in [1.165, 1.54) is 37.7 Å². The van der Waals surface area contributed by atoms with E-state index in [1.807, 2.05) is 6.08 Å². The van der Waals surface area contributed by atoms with Crippen LogP contribution >= 0.6 is 0 Å². The number of aliphatic hydroxyl groups is 1. The molecular weight excluding hydrogens is 484 g/mol. The fourth-order valence-electron chi connectivity index (χ4n) is 9.57. The van der Waals surface area contributed by atoms with Crippen LogP contribution in [0.1, 0.15) is 98.0 Å². The van der Waals surface area contributed by atoms with Crippen molar-refractivity contribution in [3.8, 4) is 0 Å². The van der Waals surface area contributed by atoms with Crippen LogP contribution in [0.15, 0.2) is 43.0 Å². The molecule has 0 bridgehead atoms. The zero-order chi connectivity index (χ0) is 27.6. The van der Waals surface area contributed by atoms with Crippen LogP contribution in [0.5, 0.6) is 0 Å². The highest BCUT2D eigenvalue weighted by molar-refractivity contribution is 6.74. The minimum absolute atomic E-state index is 0.254. The summed E-state index contributed by atoms with van der Waals surface area (Å²) in [5, 5.41) is 13.1. The molecule has 4 fully saturated rings. The molecule has 4 saturated carbocycles. The molecular formula is C34H54O3Si. The number of ether oxygens (including phenoxy) is 1. The Morgan fingerprint density at radius 2 is 1.68 bits per heavy atom. The topological polar surface area (TPSA) is 38.7 Å². The maximum absolute atomic E-state index is 12.8. The normalized spacial score (nSPS) is 43.2. The zero-order valence-corrected chi connectivity index (χ0v) is 26.3. The highest BCUT2D eigenvalue weighted by Crippen LogP contribution is 2.72. The molecule has 0 aromatic heterocycles. The number of fused-ring (bicyclic) bond motifs is 5. The quantitative estimate of drug-likeness (QED) is 0.291. The molecule has 212 valence electrons. The predicted molar refractivity (Wildman–Crippen MR) is 160 cm³/mol. The molecule has 0 heterocycles. The van der Waals surface area contributed by atoms with Gasteiger partial charge in [-0.2, -0.15) is 0 Å². The fraction of sp³-hybridized carbons (Fsp3) is 0.765. The lowest BCUT2D eigenvalue weighted by molar-refractivity contribution is -0.246. The Bertz CT molecular complexity index is 1020. The van der Waals surface area contributed by atoms with Crippen molar-refractivity contribution in [2.24, 2.45) is 28.6 Å². The molecule has 0 amide bonds. The standard InChI is InChI=1S/C34H54O3Si/c1-9-23-36-34(25-13-11-10-12-14-25)22-21-33(35)29-16-15-26-24-27(37-38(7,8)30(2,3)4)17-19-31(26,5)28(29)18-20-32(33,34)6/h9-14,26-29,35H,1,15-24H2,2-8H3/t26-,27-,28-,29+,31-,32-,33-,34-/m0/s1. The first-order chi connectivity index (χ1) is 17.7. The Balaban J connectivity index is 1.41. The predicted octanol–water partition coefficient (Wildman–Crippen LogP) is 8.63. The Kier molecular flexibility index (Phi) is 7.20. The van der Waals surface area contributed by atoms with Gasteiger partial charge in [0.1, 0.15) is 5.60 Å². The van der Waals surface area contributed by atoms with Crippen LogP contribution in [0.25, 0.3) is 0 Å². The van der Waals surface area contributed by atoms with E-state index in [2.05, 4.69) is 84.6 Å². The van der Waals surface area contributed by atoms with E-state index in [9.17, 15) is 5.11 Å².